The van der Waals surface area contributed by atoms with Crippen LogP contribution in [0.3, 0.4) is 0 Å². The van der Waals surface area contributed by atoms with Crippen LogP contribution in [0.2, 0.25) is 0 Å². The number of aromatic nitrogens is 3. The highest BCUT2D eigenvalue weighted by atomic mass is 19.4. The molecular formula is C15H10F3N3. The summed E-state index contributed by atoms with van der Waals surface area (Å²) in [6.45, 7) is 3.66. The van der Waals surface area contributed by atoms with Crippen molar-refractivity contribution >= 4 is 11.7 Å². The second kappa shape index (κ2) is 4.73. The molecule has 3 rings (SSSR count). The Bertz CT molecular complexity index is 801. The molecule has 0 atom stereocenters. The Kier molecular flexibility index (Phi) is 3.01. The summed E-state index contributed by atoms with van der Waals surface area (Å²) >= 11 is 0. The molecule has 0 spiro atoms. The highest BCUT2D eigenvalue weighted by Gasteiger charge is 2.30. The maximum Gasteiger partial charge on any atom is 0.416 e. The fraction of sp³-hybridized carbons (Fsp3) is 0.0667. The minimum absolute atomic E-state index is 0.520. The SMILES string of the molecule is C=Cc1cn2ccnc2c(-c2ccc(C(F)(F)F)cc2)n1. The maximum absolute atomic E-state index is 12.6. The molecule has 6 heteroatoms. The molecule has 0 fully saturated rings. The molecule has 3 nitrogen and oxygen atoms in total. The summed E-state index contributed by atoms with van der Waals surface area (Å²) in [7, 11) is 0. The number of nitrogens with zero attached hydrogens (tertiary/aromatic N) is 3. The Morgan fingerprint density at radius 2 is 1.86 bits per heavy atom. The van der Waals surface area contributed by atoms with E-state index in [2.05, 4.69) is 16.5 Å². The van der Waals surface area contributed by atoms with Crippen LogP contribution in [0.1, 0.15) is 11.3 Å². The lowest BCUT2D eigenvalue weighted by atomic mass is 10.1. The van der Waals surface area contributed by atoms with E-state index in [0.717, 1.165) is 12.1 Å². The lowest BCUT2D eigenvalue weighted by Crippen LogP contribution is -2.04. The van der Waals surface area contributed by atoms with Crippen molar-refractivity contribution in [2.45, 2.75) is 6.18 Å². The summed E-state index contributed by atoms with van der Waals surface area (Å²) in [5, 5.41) is 0. The van der Waals surface area contributed by atoms with Gasteiger partial charge >= 0.3 is 6.18 Å². The number of fused-ring (bicyclic) bond motifs is 1. The summed E-state index contributed by atoms with van der Waals surface area (Å²) < 4.78 is 39.6. The summed E-state index contributed by atoms with van der Waals surface area (Å²) in [5.41, 5.74) is 1.61. The van der Waals surface area contributed by atoms with Gasteiger partial charge in [0.1, 0.15) is 5.69 Å². The third-order valence-electron chi connectivity index (χ3n) is 3.09. The van der Waals surface area contributed by atoms with Crippen LogP contribution in [0.15, 0.2) is 49.4 Å². The first-order valence-electron chi connectivity index (χ1n) is 6.13. The minimum Gasteiger partial charge on any atom is -0.303 e. The number of hydrogen-bond donors (Lipinski definition) is 0. The Balaban J connectivity index is 2.15. The van der Waals surface area contributed by atoms with E-state index in [0.29, 0.717) is 22.6 Å². The minimum atomic E-state index is -4.35. The predicted octanol–water partition coefficient (Wildman–Crippen LogP) is 4.06. The molecule has 3 aromatic rings. The van der Waals surface area contributed by atoms with Crippen molar-refractivity contribution in [3.05, 3.63) is 60.7 Å². The number of imidazole rings is 1. The summed E-state index contributed by atoms with van der Waals surface area (Å²) in [6, 6.07) is 4.87. The molecule has 0 amide bonds. The van der Waals surface area contributed by atoms with Crippen molar-refractivity contribution in [2.24, 2.45) is 0 Å². The van der Waals surface area contributed by atoms with Gasteiger partial charge in [-0.3, -0.25) is 0 Å². The molecule has 2 aromatic heterocycles. The van der Waals surface area contributed by atoms with Crippen LogP contribution < -0.4 is 0 Å². The van der Waals surface area contributed by atoms with Gasteiger partial charge in [-0.25, -0.2) is 9.97 Å². The Labute approximate surface area is 118 Å². The molecule has 0 N–H and O–H groups in total. The third-order valence-corrected chi connectivity index (χ3v) is 3.09. The van der Waals surface area contributed by atoms with Gasteiger partial charge in [0.05, 0.1) is 11.3 Å². The molecule has 0 aliphatic rings. The van der Waals surface area contributed by atoms with E-state index in [1.54, 1.807) is 29.1 Å². The second-order valence-corrected chi connectivity index (χ2v) is 4.45. The zero-order valence-electron chi connectivity index (χ0n) is 10.8. The van der Waals surface area contributed by atoms with E-state index in [1.165, 1.54) is 12.1 Å². The molecule has 0 bridgehead atoms. The quantitative estimate of drug-likeness (QED) is 0.712. The lowest BCUT2D eigenvalue weighted by molar-refractivity contribution is -0.137. The van der Waals surface area contributed by atoms with Gasteiger partial charge in [0.25, 0.3) is 0 Å². The molecular weight excluding hydrogens is 279 g/mol. The van der Waals surface area contributed by atoms with Gasteiger partial charge < -0.3 is 4.40 Å². The summed E-state index contributed by atoms with van der Waals surface area (Å²) in [4.78, 5) is 8.56. The molecule has 1 aromatic carbocycles. The number of alkyl halides is 3. The van der Waals surface area contributed by atoms with Crippen LogP contribution in [-0.4, -0.2) is 14.4 Å². The standard InChI is InChI=1S/C15H10F3N3/c1-2-12-9-21-8-7-19-14(21)13(20-12)10-3-5-11(6-4-10)15(16,17)18/h2-9H,1H2. The van der Waals surface area contributed by atoms with Gasteiger partial charge in [0.15, 0.2) is 5.65 Å². The van der Waals surface area contributed by atoms with Gasteiger partial charge in [0.2, 0.25) is 0 Å². The molecule has 0 unspecified atom stereocenters. The summed E-state index contributed by atoms with van der Waals surface area (Å²) in [6.07, 6.45) is 2.34. The average molecular weight is 289 g/mol. The van der Waals surface area contributed by atoms with E-state index in [1.807, 2.05) is 0 Å². The molecule has 2 heterocycles. The van der Waals surface area contributed by atoms with E-state index in [4.69, 9.17) is 0 Å². The van der Waals surface area contributed by atoms with Gasteiger partial charge in [-0.05, 0) is 18.2 Å². The zero-order valence-corrected chi connectivity index (χ0v) is 10.8. The van der Waals surface area contributed by atoms with Crippen molar-refractivity contribution in [3.8, 4) is 11.3 Å². The highest BCUT2D eigenvalue weighted by molar-refractivity contribution is 5.74. The lowest BCUT2D eigenvalue weighted by Gasteiger charge is -2.08. The monoisotopic (exact) mass is 289 g/mol. The van der Waals surface area contributed by atoms with Crippen LogP contribution in [-0.2, 0) is 6.18 Å². The molecule has 0 aliphatic carbocycles. The molecule has 0 saturated heterocycles. The number of halogens is 3. The first-order valence-corrected chi connectivity index (χ1v) is 6.13. The fourth-order valence-corrected chi connectivity index (χ4v) is 2.06. The van der Waals surface area contributed by atoms with Crippen LogP contribution in [0.5, 0.6) is 0 Å². The fourth-order valence-electron chi connectivity index (χ4n) is 2.06. The summed E-state index contributed by atoms with van der Waals surface area (Å²) in [5.74, 6) is 0. The zero-order chi connectivity index (χ0) is 15.0. The second-order valence-electron chi connectivity index (χ2n) is 4.45. The third kappa shape index (κ3) is 2.40. The molecule has 21 heavy (non-hydrogen) atoms. The van der Waals surface area contributed by atoms with Crippen molar-refractivity contribution in [3.63, 3.8) is 0 Å². The van der Waals surface area contributed by atoms with Crippen molar-refractivity contribution in [1.82, 2.24) is 14.4 Å². The van der Waals surface area contributed by atoms with Gasteiger partial charge in [-0.1, -0.05) is 18.7 Å². The van der Waals surface area contributed by atoms with E-state index >= 15 is 0 Å². The van der Waals surface area contributed by atoms with Crippen LogP contribution in [0.25, 0.3) is 23.0 Å². The van der Waals surface area contributed by atoms with Crippen molar-refractivity contribution in [2.75, 3.05) is 0 Å². The average Bonchev–Trinajstić information content (AvgIpc) is 2.93. The first kappa shape index (κ1) is 13.4. The van der Waals surface area contributed by atoms with Crippen LogP contribution in [0.4, 0.5) is 13.2 Å². The van der Waals surface area contributed by atoms with Gasteiger partial charge in [-0.2, -0.15) is 13.2 Å². The van der Waals surface area contributed by atoms with Crippen LogP contribution in [0, 0.1) is 0 Å². The van der Waals surface area contributed by atoms with E-state index in [-0.39, 0.29) is 0 Å². The van der Waals surface area contributed by atoms with Crippen molar-refractivity contribution < 1.29 is 13.2 Å². The van der Waals surface area contributed by atoms with E-state index in [9.17, 15) is 13.2 Å². The number of hydrogen-bond acceptors (Lipinski definition) is 2. The Hall–Kier alpha value is -2.63. The van der Waals surface area contributed by atoms with Gasteiger partial charge in [0, 0.05) is 24.2 Å². The molecule has 0 radical (unpaired) electrons. The van der Waals surface area contributed by atoms with Crippen molar-refractivity contribution in [1.29, 1.82) is 0 Å². The number of rotatable bonds is 2. The maximum atomic E-state index is 12.6. The van der Waals surface area contributed by atoms with Gasteiger partial charge in [-0.15, -0.1) is 0 Å². The molecule has 0 aliphatic heterocycles. The molecule has 106 valence electrons. The Morgan fingerprint density at radius 3 is 2.48 bits per heavy atom. The largest absolute Gasteiger partial charge is 0.416 e. The Morgan fingerprint density at radius 1 is 1.14 bits per heavy atom. The highest BCUT2D eigenvalue weighted by Crippen LogP contribution is 2.31. The van der Waals surface area contributed by atoms with E-state index < -0.39 is 11.7 Å². The topological polar surface area (TPSA) is 30.2 Å². The predicted molar refractivity (Wildman–Crippen MR) is 73.5 cm³/mol. The smallest absolute Gasteiger partial charge is 0.303 e. The van der Waals surface area contributed by atoms with Crippen LogP contribution >= 0.6 is 0 Å². The molecule has 0 saturated carbocycles. The normalized spacial score (nSPS) is 11.8. The number of benzene rings is 1. The first-order chi connectivity index (χ1) is 9.99.